The molecule has 98 valence electrons. The van der Waals surface area contributed by atoms with Crippen molar-refractivity contribution in [3.63, 3.8) is 0 Å². The minimum Gasteiger partial charge on any atom is -0.389 e. The molecule has 0 atom stereocenters. The zero-order valence-electron chi connectivity index (χ0n) is 9.32. The molecule has 8 heteroatoms. The van der Waals surface area contributed by atoms with Gasteiger partial charge in [-0.05, 0) is 6.07 Å². The van der Waals surface area contributed by atoms with Gasteiger partial charge < -0.3 is 11.1 Å². The number of aromatic nitrogens is 2. The normalized spacial score (nSPS) is 10.3. The molecule has 0 unspecified atom stereocenters. The zero-order valence-corrected chi connectivity index (χ0v) is 10.1. The van der Waals surface area contributed by atoms with Gasteiger partial charge in [-0.2, -0.15) is 5.10 Å². The third-order valence-electron chi connectivity index (χ3n) is 2.24. The number of nitrogens with one attached hydrogen (secondary N) is 1. The number of halogens is 3. The summed E-state index contributed by atoms with van der Waals surface area (Å²) in [6, 6.07) is 2.53. The largest absolute Gasteiger partial charge is 0.389 e. The summed E-state index contributed by atoms with van der Waals surface area (Å²) in [6.45, 7) is 0. The first-order valence-electron chi connectivity index (χ1n) is 5.02. The lowest BCUT2D eigenvalue weighted by Crippen LogP contribution is -2.14. The second-order valence-corrected chi connectivity index (χ2v) is 3.97. The number of nitrogens with zero attached hydrogens (tertiary/aromatic N) is 2. The smallest absolute Gasteiger partial charge is 0.163 e. The quantitative estimate of drug-likeness (QED) is 0.847. The van der Waals surface area contributed by atoms with Gasteiger partial charge in [-0.15, -0.1) is 5.10 Å². The van der Waals surface area contributed by atoms with Gasteiger partial charge in [0.25, 0.3) is 0 Å². The maximum Gasteiger partial charge on any atom is 0.163 e. The summed E-state index contributed by atoms with van der Waals surface area (Å²) >= 11 is 4.77. The third kappa shape index (κ3) is 2.79. The molecule has 2 rings (SSSR count). The van der Waals surface area contributed by atoms with Crippen LogP contribution in [0.2, 0.25) is 0 Å². The first-order chi connectivity index (χ1) is 8.99. The van der Waals surface area contributed by atoms with Gasteiger partial charge in [-0.25, -0.2) is 13.2 Å². The highest BCUT2D eigenvalue weighted by Gasteiger charge is 2.15. The van der Waals surface area contributed by atoms with E-state index in [1.54, 1.807) is 0 Å². The molecule has 0 aliphatic rings. The van der Waals surface area contributed by atoms with Crippen LogP contribution in [0, 0.1) is 17.5 Å². The fourth-order valence-corrected chi connectivity index (χ4v) is 1.57. The van der Waals surface area contributed by atoms with Crippen molar-refractivity contribution in [2.75, 3.05) is 5.32 Å². The summed E-state index contributed by atoms with van der Waals surface area (Å²) in [5.41, 5.74) is 5.16. The highest BCUT2D eigenvalue weighted by molar-refractivity contribution is 7.80. The zero-order chi connectivity index (χ0) is 14.0. The molecule has 2 aromatic rings. The Morgan fingerprint density at radius 3 is 2.42 bits per heavy atom. The van der Waals surface area contributed by atoms with Crippen LogP contribution in [0.4, 0.5) is 24.7 Å². The van der Waals surface area contributed by atoms with Crippen LogP contribution in [0.15, 0.2) is 24.4 Å². The van der Waals surface area contributed by atoms with E-state index in [-0.39, 0.29) is 16.4 Å². The van der Waals surface area contributed by atoms with E-state index in [1.807, 2.05) is 0 Å². The van der Waals surface area contributed by atoms with Gasteiger partial charge in [0.05, 0.1) is 11.8 Å². The molecule has 1 aromatic carbocycles. The lowest BCUT2D eigenvalue weighted by atomic mass is 10.2. The van der Waals surface area contributed by atoms with Crippen molar-refractivity contribution >= 4 is 28.7 Å². The van der Waals surface area contributed by atoms with E-state index in [0.717, 1.165) is 0 Å². The summed E-state index contributed by atoms with van der Waals surface area (Å²) < 4.78 is 39.7. The Morgan fingerprint density at radius 1 is 1.21 bits per heavy atom. The van der Waals surface area contributed by atoms with Gasteiger partial charge in [-0.1, -0.05) is 12.2 Å². The molecule has 1 heterocycles. The topological polar surface area (TPSA) is 63.8 Å². The summed E-state index contributed by atoms with van der Waals surface area (Å²) in [7, 11) is 0. The molecule has 19 heavy (non-hydrogen) atoms. The predicted octanol–water partition coefficient (Wildman–Crippen LogP) is 2.27. The molecular formula is C11H7F3N4S. The minimum absolute atomic E-state index is 0.0136. The van der Waals surface area contributed by atoms with Crippen molar-refractivity contribution in [1.29, 1.82) is 0 Å². The predicted molar refractivity (Wildman–Crippen MR) is 67.5 cm³/mol. The average Bonchev–Trinajstić information content (AvgIpc) is 2.34. The Labute approximate surface area is 111 Å². The lowest BCUT2D eigenvalue weighted by Gasteiger charge is -2.10. The molecule has 0 aliphatic carbocycles. The van der Waals surface area contributed by atoms with Crippen LogP contribution in [0.1, 0.15) is 5.56 Å². The van der Waals surface area contributed by atoms with Crippen molar-refractivity contribution in [1.82, 2.24) is 10.2 Å². The van der Waals surface area contributed by atoms with Gasteiger partial charge in [0.2, 0.25) is 0 Å². The van der Waals surface area contributed by atoms with Crippen molar-refractivity contribution in [2.24, 2.45) is 5.73 Å². The molecule has 1 aromatic heterocycles. The van der Waals surface area contributed by atoms with Crippen LogP contribution >= 0.6 is 12.2 Å². The molecule has 0 radical (unpaired) electrons. The Hall–Kier alpha value is -2.22. The van der Waals surface area contributed by atoms with Crippen LogP contribution in [-0.2, 0) is 0 Å². The van der Waals surface area contributed by atoms with Gasteiger partial charge in [0.1, 0.15) is 16.5 Å². The summed E-state index contributed by atoms with van der Waals surface area (Å²) in [6.07, 6.45) is 1.33. The number of hydrogen-bond donors (Lipinski definition) is 2. The second kappa shape index (κ2) is 5.19. The first kappa shape index (κ1) is 13.2. The van der Waals surface area contributed by atoms with E-state index in [2.05, 4.69) is 15.5 Å². The van der Waals surface area contributed by atoms with Gasteiger partial charge in [0.15, 0.2) is 17.5 Å². The Balaban J connectivity index is 2.45. The average molecular weight is 284 g/mol. The van der Waals surface area contributed by atoms with Crippen LogP contribution in [-0.4, -0.2) is 15.2 Å². The number of rotatable bonds is 3. The van der Waals surface area contributed by atoms with Crippen molar-refractivity contribution < 1.29 is 13.2 Å². The molecule has 0 saturated carbocycles. The first-order valence-corrected chi connectivity index (χ1v) is 5.43. The Bertz CT molecular complexity index is 625. The van der Waals surface area contributed by atoms with E-state index in [0.29, 0.717) is 12.1 Å². The van der Waals surface area contributed by atoms with Gasteiger partial charge in [0, 0.05) is 12.1 Å². The number of nitrogens with two attached hydrogens (primary N) is 1. The molecule has 3 N–H and O–H groups in total. The van der Waals surface area contributed by atoms with Gasteiger partial charge in [-0.3, -0.25) is 0 Å². The number of thiocarbonyl (C=S) groups is 1. The highest BCUT2D eigenvalue weighted by atomic mass is 32.1. The number of hydrogen-bond acceptors (Lipinski definition) is 4. The van der Waals surface area contributed by atoms with E-state index < -0.39 is 23.1 Å². The molecule has 0 spiro atoms. The SMILES string of the molecule is NC(=S)c1ccnnc1Nc1c(F)cc(F)cc1F. The molecule has 4 nitrogen and oxygen atoms in total. The molecule has 0 fully saturated rings. The van der Waals surface area contributed by atoms with Crippen molar-refractivity contribution in [3.8, 4) is 0 Å². The van der Waals surface area contributed by atoms with Crippen molar-refractivity contribution in [2.45, 2.75) is 0 Å². The molecule has 0 saturated heterocycles. The van der Waals surface area contributed by atoms with Gasteiger partial charge >= 0.3 is 0 Å². The number of benzene rings is 1. The van der Waals surface area contributed by atoms with Crippen molar-refractivity contribution in [3.05, 3.63) is 47.4 Å². The third-order valence-corrected chi connectivity index (χ3v) is 2.46. The van der Waals surface area contributed by atoms with Crippen LogP contribution in [0.25, 0.3) is 0 Å². The Morgan fingerprint density at radius 2 is 1.84 bits per heavy atom. The van der Waals surface area contributed by atoms with Crippen LogP contribution < -0.4 is 11.1 Å². The van der Waals surface area contributed by atoms with E-state index in [4.69, 9.17) is 18.0 Å². The van der Waals surface area contributed by atoms with Crippen LogP contribution in [0.5, 0.6) is 0 Å². The second-order valence-electron chi connectivity index (χ2n) is 3.53. The molecule has 0 aliphatic heterocycles. The van der Waals surface area contributed by atoms with E-state index >= 15 is 0 Å². The fourth-order valence-electron chi connectivity index (χ4n) is 1.40. The maximum atomic E-state index is 13.5. The van der Waals surface area contributed by atoms with Crippen LogP contribution in [0.3, 0.4) is 0 Å². The standard InChI is InChI=1S/C11H7F3N4S/c12-5-3-7(13)9(8(14)4-5)17-11-6(10(15)19)1-2-16-18-11/h1-4H,(H2,15,19)(H,17,18). The summed E-state index contributed by atoms with van der Waals surface area (Å²) in [5, 5.41) is 9.56. The monoisotopic (exact) mass is 284 g/mol. The lowest BCUT2D eigenvalue weighted by molar-refractivity contribution is 0.548. The molecule has 0 amide bonds. The fraction of sp³-hybridized carbons (Fsp3) is 0. The van der Waals surface area contributed by atoms with E-state index in [1.165, 1.54) is 12.3 Å². The highest BCUT2D eigenvalue weighted by Crippen LogP contribution is 2.24. The summed E-state index contributed by atoms with van der Waals surface area (Å²) in [4.78, 5) is -0.0136. The van der Waals surface area contributed by atoms with E-state index in [9.17, 15) is 13.2 Å². The Kier molecular flexibility index (Phi) is 3.61. The minimum atomic E-state index is -1.10. The maximum absolute atomic E-state index is 13.5. The molecule has 0 bridgehead atoms. The summed E-state index contributed by atoms with van der Waals surface area (Å²) in [5.74, 6) is -3.23. The molecular weight excluding hydrogens is 277 g/mol. The number of anilines is 2.